The van der Waals surface area contributed by atoms with E-state index in [4.69, 9.17) is 4.42 Å². The van der Waals surface area contributed by atoms with Crippen LogP contribution in [-0.2, 0) is 12.4 Å². The number of fused-ring (bicyclic) bond motifs is 4. The smallest absolute Gasteiger partial charge is 0.420 e. The van der Waals surface area contributed by atoms with Gasteiger partial charge in [-0.15, -0.1) is 0 Å². The largest absolute Gasteiger partial charge is 0.455 e. The highest BCUT2D eigenvalue weighted by Gasteiger charge is 2.36. The maximum atomic E-state index is 13.4. The van der Waals surface area contributed by atoms with E-state index < -0.39 is 50.6 Å². The highest BCUT2D eigenvalue weighted by atomic mass is 19.4. The van der Waals surface area contributed by atoms with Crippen molar-refractivity contribution in [1.29, 1.82) is 0 Å². The zero-order chi connectivity index (χ0) is 19.6. The SMILES string of the molecule is O=c1c2cccc(C(F)(F)F)c2oc2ccc3cccc(C(F)(F)F)c3c12. The fraction of sp³-hybridized carbons (Fsp3) is 0.105. The Morgan fingerprint density at radius 2 is 1.33 bits per heavy atom. The lowest BCUT2D eigenvalue weighted by Crippen LogP contribution is -2.11. The Morgan fingerprint density at radius 1 is 0.704 bits per heavy atom. The molecule has 0 unspecified atom stereocenters. The number of benzene rings is 3. The van der Waals surface area contributed by atoms with Crippen LogP contribution in [0.5, 0.6) is 0 Å². The average molecular weight is 382 g/mol. The van der Waals surface area contributed by atoms with E-state index in [1.807, 2.05) is 0 Å². The lowest BCUT2D eigenvalue weighted by atomic mass is 9.98. The number of hydrogen-bond acceptors (Lipinski definition) is 2. The van der Waals surface area contributed by atoms with Gasteiger partial charge in [-0.1, -0.05) is 24.3 Å². The number of rotatable bonds is 0. The van der Waals surface area contributed by atoms with Gasteiger partial charge in [0.1, 0.15) is 5.58 Å². The molecule has 0 aliphatic heterocycles. The van der Waals surface area contributed by atoms with Gasteiger partial charge >= 0.3 is 12.4 Å². The van der Waals surface area contributed by atoms with E-state index in [1.54, 1.807) is 0 Å². The summed E-state index contributed by atoms with van der Waals surface area (Å²) in [6.07, 6.45) is -9.53. The molecule has 0 bridgehead atoms. The van der Waals surface area contributed by atoms with Crippen LogP contribution in [0.2, 0.25) is 0 Å². The molecule has 0 saturated heterocycles. The molecule has 8 heteroatoms. The third-order valence-corrected chi connectivity index (χ3v) is 4.32. The van der Waals surface area contributed by atoms with Gasteiger partial charge in [-0.25, -0.2) is 0 Å². The predicted molar refractivity (Wildman–Crippen MR) is 87.5 cm³/mol. The van der Waals surface area contributed by atoms with Gasteiger partial charge in [-0.3, -0.25) is 4.79 Å². The monoisotopic (exact) mass is 382 g/mol. The molecule has 0 atom stereocenters. The molecule has 0 aliphatic rings. The molecule has 3 aromatic carbocycles. The predicted octanol–water partition coefficient (Wildman–Crippen LogP) is 6.14. The van der Waals surface area contributed by atoms with Gasteiger partial charge < -0.3 is 4.42 Å². The maximum Gasteiger partial charge on any atom is 0.420 e. The van der Waals surface area contributed by atoms with E-state index >= 15 is 0 Å². The Hall–Kier alpha value is -3.03. The van der Waals surface area contributed by atoms with Crippen molar-refractivity contribution in [3.05, 3.63) is 69.9 Å². The molecular weight excluding hydrogens is 374 g/mol. The number of halogens is 6. The molecule has 1 aromatic heterocycles. The fourth-order valence-electron chi connectivity index (χ4n) is 3.20. The molecule has 0 fully saturated rings. The van der Waals surface area contributed by atoms with E-state index in [9.17, 15) is 31.1 Å². The summed E-state index contributed by atoms with van der Waals surface area (Å²) in [5, 5.41) is -1.08. The Balaban J connectivity index is 2.27. The number of alkyl halides is 6. The Kier molecular flexibility index (Phi) is 3.53. The molecule has 0 radical (unpaired) electrons. The van der Waals surface area contributed by atoms with E-state index in [-0.39, 0.29) is 11.0 Å². The molecule has 4 rings (SSSR count). The first kappa shape index (κ1) is 17.4. The third-order valence-electron chi connectivity index (χ3n) is 4.32. The molecule has 138 valence electrons. The number of hydrogen-bond donors (Lipinski definition) is 0. The van der Waals surface area contributed by atoms with Crippen LogP contribution in [-0.4, -0.2) is 0 Å². The van der Waals surface area contributed by atoms with Gasteiger partial charge in [0.25, 0.3) is 0 Å². The summed E-state index contributed by atoms with van der Waals surface area (Å²) in [5.41, 5.74) is -4.20. The molecule has 0 aliphatic carbocycles. The summed E-state index contributed by atoms with van der Waals surface area (Å²) in [7, 11) is 0. The van der Waals surface area contributed by atoms with Gasteiger partial charge in [0, 0.05) is 5.39 Å². The van der Waals surface area contributed by atoms with Crippen LogP contribution < -0.4 is 5.43 Å². The molecular formula is C19H8F6O2. The summed E-state index contributed by atoms with van der Waals surface area (Å²) in [4.78, 5) is 12.9. The molecule has 4 aromatic rings. The molecule has 0 N–H and O–H groups in total. The third kappa shape index (κ3) is 2.63. The van der Waals surface area contributed by atoms with Crippen molar-refractivity contribution < 1.29 is 30.8 Å². The van der Waals surface area contributed by atoms with Gasteiger partial charge in [-0.05, 0) is 29.7 Å². The lowest BCUT2D eigenvalue weighted by Gasteiger charge is -2.13. The van der Waals surface area contributed by atoms with Crippen molar-refractivity contribution in [2.75, 3.05) is 0 Å². The molecule has 0 saturated carbocycles. The second-order valence-corrected chi connectivity index (χ2v) is 5.95. The van der Waals surface area contributed by atoms with Crippen LogP contribution in [0.4, 0.5) is 26.3 Å². The van der Waals surface area contributed by atoms with Gasteiger partial charge in [0.15, 0.2) is 5.58 Å². The molecule has 1 heterocycles. The zero-order valence-corrected chi connectivity index (χ0v) is 13.2. The first-order valence-electron chi connectivity index (χ1n) is 7.64. The molecule has 0 spiro atoms. The van der Waals surface area contributed by atoms with Crippen LogP contribution in [0.3, 0.4) is 0 Å². The van der Waals surface area contributed by atoms with Crippen LogP contribution in [0, 0.1) is 0 Å². The quantitative estimate of drug-likeness (QED) is 0.208. The van der Waals surface area contributed by atoms with E-state index in [2.05, 4.69) is 0 Å². The van der Waals surface area contributed by atoms with Crippen LogP contribution >= 0.6 is 0 Å². The second-order valence-electron chi connectivity index (χ2n) is 5.95. The Bertz CT molecular complexity index is 1270. The minimum atomic E-state index is -4.78. The molecule has 2 nitrogen and oxygen atoms in total. The normalized spacial score (nSPS) is 13.0. The minimum absolute atomic E-state index is 0.135. The maximum absolute atomic E-state index is 13.4. The van der Waals surface area contributed by atoms with Gasteiger partial charge in [0.2, 0.25) is 5.43 Å². The first-order valence-corrected chi connectivity index (χ1v) is 7.64. The Morgan fingerprint density at radius 3 is 2.00 bits per heavy atom. The summed E-state index contributed by atoms with van der Waals surface area (Å²) in [6.45, 7) is 0. The van der Waals surface area contributed by atoms with Crippen LogP contribution in [0.25, 0.3) is 32.7 Å². The lowest BCUT2D eigenvalue weighted by molar-refractivity contribution is -0.137. The van der Waals surface area contributed by atoms with Crippen molar-refractivity contribution in [1.82, 2.24) is 0 Å². The van der Waals surface area contributed by atoms with E-state index in [0.29, 0.717) is 0 Å². The molecule has 27 heavy (non-hydrogen) atoms. The van der Waals surface area contributed by atoms with Crippen LogP contribution in [0.15, 0.2) is 57.7 Å². The van der Waals surface area contributed by atoms with Crippen LogP contribution in [0.1, 0.15) is 11.1 Å². The minimum Gasteiger partial charge on any atom is -0.455 e. The summed E-state index contributed by atoms with van der Waals surface area (Å²) < 4.78 is 85.2. The van der Waals surface area contributed by atoms with Crippen molar-refractivity contribution in [2.45, 2.75) is 12.4 Å². The number of para-hydroxylation sites is 1. The van der Waals surface area contributed by atoms with Crippen molar-refractivity contribution >= 4 is 32.7 Å². The summed E-state index contributed by atoms with van der Waals surface area (Å²) in [6, 6.07) is 8.75. The summed E-state index contributed by atoms with van der Waals surface area (Å²) >= 11 is 0. The zero-order valence-electron chi connectivity index (χ0n) is 13.2. The standard InChI is InChI=1S/C19H8F6O2/c20-18(21,22)11-5-1-3-9-7-8-13-15(14(9)11)16(26)10-4-2-6-12(17(10)27-13)19(23,24)25/h1-8H. The van der Waals surface area contributed by atoms with E-state index in [0.717, 1.165) is 24.3 Å². The highest BCUT2D eigenvalue weighted by Crippen LogP contribution is 2.39. The van der Waals surface area contributed by atoms with Gasteiger partial charge in [0.05, 0.1) is 21.9 Å². The first-order chi connectivity index (χ1) is 12.6. The topological polar surface area (TPSA) is 30.2 Å². The Labute approximate surface area is 146 Å². The van der Waals surface area contributed by atoms with E-state index in [1.165, 1.54) is 24.3 Å². The van der Waals surface area contributed by atoms with Crippen molar-refractivity contribution in [3.63, 3.8) is 0 Å². The highest BCUT2D eigenvalue weighted by molar-refractivity contribution is 6.10. The average Bonchev–Trinajstić information content (AvgIpc) is 2.59. The second kappa shape index (κ2) is 5.48. The summed E-state index contributed by atoms with van der Waals surface area (Å²) in [5.74, 6) is 0. The van der Waals surface area contributed by atoms with Crippen molar-refractivity contribution in [2.24, 2.45) is 0 Å². The van der Waals surface area contributed by atoms with Crippen molar-refractivity contribution in [3.8, 4) is 0 Å². The fourth-order valence-corrected chi connectivity index (χ4v) is 3.20. The van der Waals surface area contributed by atoms with Gasteiger partial charge in [-0.2, -0.15) is 26.3 Å². The molecule has 0 amide bonds.